The van der Waals surface area contributed by atoms with E-state index in [1.54, 1.807) is 61.5 Å². The molecule has 1 fully saturated rings. The molecule has 0 aromatic heterocycles. The maximum Gasteiger partial charge on any atom is 0.338 e. The van der Waals surface area contributed by atoms with Gasteiger partial charge < -0.3 is 33.7 Å². The van der Waals surface area contributed by atoms with Gasteiger partial charge >= 0.3 is 23.9 Å². The van der Waals surface area contributed by atoms with Gasteiger partial charge in [0.25, 0.3) is 0 Å². The van der Waals surface area contributed by atoms with E-state index in [2.05, 4.69) is 5.32 Å². The monoisotopic (exact) mass is 671 g/mol. The third-order valence-electron chi connectivity index (χ3n) is 7.56. The van der Waals surface area contributed by atoms with Gasteiger partial charge in [-0.3, -0.25) is 0 Å². The highest BCUT2D eigenvalue weighted by Gasteiger charge is 2.56. The van der Waals surface area contributed by atoms with E-state index < -0.39 is 66.4 Å². The molecule has 11 nitrogen and oxygen atoms in total. The molecule has 12 heteroatoms. The minimum Gasteiger partial charge on any atom is -0.464 e. The highest BCUT2D eigenvalue weighted by atomic mass is 19.1. The predicted molar refractivity (Wildman–Crippen MR) is 173 cm³/mol. The number of carbonyl (C=O) groups excluding carboxylic acids is 4. The molecule has 1 saturated heterocycles. The Balaban J connectivity index is 1.62. The third kappa shape index (κ3) is 8.66. The lowest BCUT2D eigenvalue weighted by atomic mass is 9.92. The second kappa shape index (κ2) is 16.5. The average Bonchev–Trinajstić information content (AvgIpc) is 3.13. The maximum absolute atomic E-state index is 13.8. The SMILES string of the molecule is CCOC(=O)C(Nc1ccc(F)cc1)[C@H]1O[C@H](OC)[C@H](OC(=O)c2ccccc2)[C@@H](OC(=O)c2ccccc2)[C@@H]1OC(=O)c1ccccc1. The molecule has 6 atom stereocenters. The van der Waals surface area contributed by atoms with Crippen LogP contribution in [-0.2, 0) is 33.2 Å². The summed E-state index contributed by atoms with van der Waals surface area (Å²) in [6.07, 6.45) is -7.65. The molecule has 49 heavy (non-hydrogen) atoms. The van der Waals surface area contributed by atoms with Gasteiger partial charge in [0.05, 0.1) is 23.3 Å². The highest BCUT2D eigenvalue weighted by molar-refractivity contribution is 5.91. The number of benzene rings is 4. The summed E-state index contributed by atoms with van der Waals surface area (Å²) < 4.78 is 49.0. The van der Waals surface area contributed by atoms with Crippen LogP contribution in [0.4, 0.5) is 10.1 Å². The van der Waals surface area contributed by atoms with Crippen molar-refractivity contribution in [3.8, 4) is 0 Å². The number of halogens is 1. The number of rotatable bonds is 12. The summed E-state index contributed by atoms with van der Waals surface area (Å²) in [5.74, 6) is -3.86. The molecule has 1 heterocycles. The van der Waals surface area contributed by atoms with Crippen molar-refractivity contribution in [2.24, 2.45) is 0 Å². The molecule has 4 aromatic carbocycles. The molecule has 5 rings (SSSR count). The fourth-order valence-electron chi connectivity index (χ4n) is 5.22. The van der Waals surface area contributed by atoms with Gasteiger partial charge in [-0.05, 0) is 67.6 Å². The number of methoxy groups -OCH3 is 1. The van der Waals surface area contributed by atoms with Crippen LogP contribution in [0.3, 0.4) is 0 Å². The summed E-state index contributed by atoms with van der Waals surface area (Å²) in [7, 11) is 1.27. The summed E-state index contributed by atoms with van der Waals surface area (Å²) in [5.41, 5.74) is 0.751. The van der Waals surface area contributed by atoms with E-state index in [-0.39, 0.29) is 23.3 Å². The first kappa shape index (κ1) is 34.7. The van der Waals surface area contributed by atoms with Gasteiger partial charge in [-0.2, -0.15) is 0 Å². The van der Waals surface area contributed by atoms with Crippen LogP contribution >= 0.6 is 0 Å². The lowest BCUT2D eigenvalue weighted by molar-refractivity contribution is -0.289. The van der Waals surface area contributed by atoms with Crippen molar-refractivity contribution in [1.29, 1.82) is 0 Å². The number of nitrogens with one attached hydrogen (secondary N) is 1. The summed E-state index contributed by atoms with van der Waals surface area (Å²) >= 11 is 0. The minimum atomic E-state index is -1.61. The second-order valence-corrected chi connectivity index (χ2v) is 10.8. The van der Waals surface area contributed by atoms with Crippen LogP contribution in [0.2, 0.25) is 0 Å². The summed E-state index contributed by atoms with van der Waals surface area (Å²) in [5, 5.41) is 2.97. The van der Waals surface area contributed by atoms with Gasteiger partial charge in [-0.25, -0.2) is 23.6 Å². The Morgan fingerprint density at radius 3 is 1.57 bits per heavy atom. The Kier molecular flexibility index (Phi) is 11.7. The lowest BCUT2D eigenvalue weighted by Crippen LogP contribution is -2.66. The normalized spacial score (nSPS) is 20.7. The standard InChI is InChI=1S/C37H34FNO10/c1-3-45-36(43)28(39-27-21-19-26(38)20-22-27)29-30(46-33(40)23-13-7-4-8-14-23)31(47-34(41)24-15-9-5-10-16-24)32(37(44-2)49-29)48-35(42)25-17-11-6-12-18-25/h4-22,28-32,37,39H,3H2,1-2H3/t28?,29-,30-,31+,32-,37+/m1/s1. The molecule has 1 aliphatic heterocycles. The van der Waals surface area contributed by atoms with E-state index in [0.717, 1.165) is 0 Å². The molecule has 0 radical (unpaired) electrons. The molecule has 0 amide bonds. The van der Waals surface area contributed by atoms with E-state index in [1.165, 1.54) is 67.8 Å². The van der Waals surface area contributed by atoms with Crippen LogP contribution in [0, 0.1) is 5.82 Å². The van der Waals surface area contributed by atoms with E-state index in [9.17, 15) is 23.6 Å². The average molecular weight is 672 g/mol. The first-order valence-corrected chi connectivity index (χ1v) is 15.4. The zero-order valence-corrected chi connectivity index (χ0v) is 26.6. The van der Waals surface area contributed by atoms with Crippen LogP contribution in [0.15, 0.2) is 115 Å². The molecule has 1 N–H and O–H groups in total. The maximum atomic E-state index is 13.8. The van der Waals surface area contributed by atoms with Gasteiger partial charge in [-0.15, -0.1) is 0 Å². The van der Waals surface area contributed by atoms with Gasteiger partial charge in [0.1, 0.15) is 11.9 Å². The fraction of sp³-hybridized carbons (Fsp3) is 0.243. The molecule has 0 saturated carbocycles. The van der Waals surface area contributed by atoms with Crippen molar-refractivity contribution in [2.45, 2.75) is 43.7 Å². The largest absolute Gasteiger partial charge is 0.464 e. The van der Waals surface area contributed by atoms with E-state index in [1.807, 2.05) is 0 Å². The predicted octanol–water partition coefficient (Wildman–Crippen LogP) is 5.22. The van der Waals surface area contributed by atoms with Crippen molar-refractivity contribution in [3.63, 3.8) is 0 Å². The number of ether oxygens (including phenoxy) is 6. The number of hydrogen-bond donors (Lipinski definition) is 1. The Morgan fingerprint density at radius 1 is 0.673 bits per heavy atom. The third-order valence-corrected chi connectivity index (χ3v) is 7.56. The number of hydrogen-bond acceptors (Lipinski definition) is 11. The lowest BCUT2D eigenvalue weighted by Gasteiger charge is -2.46. The van der Waals surface area contributed by atoms with Crippen molar-refractivity contribution < 1.29 is 52.0 Å². The zero-order valence-electron chi connectivity index (χ0n) is 26.6. The van der Waals surface area contributed by atoms with E-state index >= 15 is 0 Å². The Bertz CT molecular complexity index is 1710. The van der Waals surface area contributed by atoms with Crippen molar-refractivity contribution in [3.05, 3.63) is 138 Å². The smallest absolute Gasteiger partial charge is 0.338 e. The molecular weight excluding hydrogens is 637 g/mol. The zero-order chi connectivity index (χ0) is 34.8. The molecule has 0 spiro atoms. The summed E-state index contributed by atoms with van der Waals surface area (Å²) in [4.78, 5) is 54.3. The van der Waals surface area contributed by atoms with Gasteiger partial charge in [0.2, 0.25) is 0 Å². The molecule has 0 aliphatic carbocycles. The van der Waals surface area contributed by atoms with Gasteiger partial charge in [0.15, 0.2) is 30.6 Å². The van der Waals surface area contributed by atoms with E-state index in [4.69, 9.17) is 28.4 Å². The number of esters is 4. The van der Waals surface area contributed by atoms with Crippen LogP contribution in [0.25, 0.3) is 0 Å². The van der Waals surface area contributed by atoms with Crippen LogP contribution in [-0.4, -0.2) is 74.3 Å². The Hall–Kier alpha value is -5.59. The van der Waals surface area contributed by atoms with Crippen LogP contribution in [0.5, 0.6) is 0 Å². The summed E-state index contributed by atoms with van der Waals surface area (Å²) in [6, 6.07) is 27.7. The van der Waals surface area contributed by atoms with Crippen molar-refractivity contribution in [2.75, 3.05) is 19.0 Å². The molecule has 254 valence electrons. The topological polar surface area (TPSA) is 136 Å². The first-order chi connectivity index (χ1) is 23.8. The molecule has 0 bridgehead atoms. The highest BCUT2D eigenvalue weighted by Crippen LogP contribution is 2.33. The second-order valence-electron chi connectivity index (χ2n) is 10.8. The minimum absolute atomic E-state index is 0.0287. The quantitative estimate of drug-likeness (QED) is 0.157. The summed E-state index contributed by atoms with van der Waals surface area (Å²) in [6.45, 7) is 1.57. The van der Waals surface area contributed by atoms with Crippen molar-refractivity contribution in [1.82, 2.24) is 0 Å². The molecule has 1 unspecified atom stereocenters. The Morgan fingerprint density at radius 2 is 1.12 bits per heavy atom. The molecule has 4 aromatic rings. The molecular formula is C37H34FNO10. The van der Waals surface area contributed by atoms with E-state index in [0.29, 0.717) is 5.69 Å². The van der Waals surface area contributed by atoms with Gasteiger partial charge in [-0.1, -0.05) is 54.6 Å². The van der Waals surface area contributed by atoms with Crippen LogP contribution < -0.4 is 5.32 Å². The van der Waals surface area contributed by atoms with Gasteiger partial charge in [0, 0.05) is 12.8 Å². The number of anilines is 1. The van der Waals surface area contributed by atoms with Crippen LogP contribution in [0.1, 0.15) is 38.0 Å². The first-order valence-electron chi connectivity index (χ1n) is 15.4. The fourth-order valence-corrected chi connectivity index (χ4v) is 5.22. The number of carbonyl (C=O) groups is 4. The molecule has 1 aliphatic rings. The Labute approximate surface area is 281 Å². The van der Waals surface area contributed by atoms with Crippen molar-refractivity contribution >= 4 is 29.6 Å².